The number of hydrogen-bond donors (Lipinski definition) is 1. The lowest BCUT2D eigenvalue weighted by Crippen LogP contribution is -2.08. The predicted molar refractivity (Wildman–Crippen MR) is 88.9 cm³/mol. The van der Waals surface area contributed by atoms with Gasteiger partial charge in [0.25, 0.3) is 0 Å². The third kappa shape index (κ3) is 3.90. The summed E-state index contributed by atoms with van der Waals surface area (Å²) in [5.41, 5.74) is 8.25. The second-order valence-corrected chi connectivity index (χ2v) is 6.22. The molecule has 0 bridgehead atoms. The first-order chi connectivity index (χ1) is 9.88. The van der Waals surface area contributed by atoms with Crippen molar-refractivity contribution in [2.24, 2.45) is 0 Å². The fraction of sp³-hybridized carbons (Fsp3) is 0.133. The van der Waals surface area contributed by atoms with Crippen LogP contribution in [0.15, 0.2) is 34.8 Å². The van der Waals surface area contributed by atoms with E-state index >= 15 is 0 Å². The van der Waals surface area contributed by atoms with E-state index in [9.17, 15) is 4.79 Å². The lowest BCUT2D eigenvalue weighted by molar-refractivity contribution is 0.0472. The van der Waals surface area contributed by atoms with Gasteiger partial charge in [-0.3, -0.25) is 0 Å². The molecule has 0 fully saturated rings. The van der Waals surface area contributed by atoms with Gasteiger partial charge in [0, 0.05) is 10.2 Å². The number of nitrogen functional groups attached to an aromatic ring is 1. The van der Waals surface area contributed by atoms with Crippen LogP contribution in [-0.4, -0.2) is 5.97 Å². The molecule has 21 heavy (non-hydrogen) atoms. The summed E-state index contributed by atoms with van der Waals surface area (Å²) in [6, 6.07) is 8.51. The Morgan fingerprint density at radius 2 is 1.95 bits per heavy atom. The van der Waals surface area contributed by atoms with Gasteiger partial charge in [-0.2, -0.15) is 0 Å². The van der Waals surface area contributed by atoms with E-state index in [1.807, 2.05) is 0 Å². The van der Waals surface area contributed by atoms with Gasteiger partial charge >= 0.3 is 5.97 Å². The highest BCUT2D eigenvalue weighted by atomic mass is 79.9. The number of halogens is 3. The molecular weight excluding hydrogens is 377 g/mol. The SMILES string of the molecule is Cc1c(N)cc(Br)cc1C(=O)OCc1ccc(Cl)c(Cl)c1. The minimum absolute atomic E-state index is 0.113. The zero-order valence-electron chi connectivity index (χ0n) is 11.1. The largest absolute Gasteiger partial charge is 0.457 e. The van der Waals surface area contributed by atoms with Crippen molar-refractivity contribution in [1.29, 1.82) is 0 Å². The zero-order valence-corrected chi connectivity index (χ0v) is 14.2. The van der Waals surface area contributed by atoms with Crippen molar-refractivity contribution in [1.82, 2.24) is 0 Å². The maximum absolute atomic E-state index is 12.1. The minimum atomic E-state index is -0.438. The quantitative estimate of drug-likeness (QED) is 0.594. The molecule has 0 spiro atoms. The number of benzene rings is 2. The first-order valence-electron chi connectivity index (χ1n) is 6.05. The van der Waals surface area contributed by atoms with Crippen LogP contribution in [0.4, 0.5) is 5.69 Å². The molecule has 0 heterocycles. The van der Waals surface area contributed by atoms with Crippen LogP contribution in [0.2, 0.25) is 10.0 Å². The van der Waals surface area contributed by atoms with E-state index in [1.165, 1.54) is 0 Å². The van der Waals surface area contributed by atoms with Crippen LogP contribution < -0.4 is 5.73 Å². The molecule has 2 aromatic rings. The predicted octanol–water partition coefficient (Wildman–Crippen LogP) is 5.00. The van der Waals surface area contributed by atoms with Crippen molar-refractivity contribution in [3.05, 3.63) is 61.5 Å². The van der Waals surface area contributed by atoms with E-state index in [4.69, 9.17) is 33.7 Å². The zero-order chi connectivity index (χ0) is 15.6. The van der Waals surface area contributed by atoms with Crippen LogP contribution in [0.1, 0.15) is 21.5 Å². The summed E-state index contributed by atoms with van der Waals surface area (Å²) in [7, 11) is 0. The molecule has 2 rings (SSSR count). The first-order valence-corrected chi connectivity index (χ1v) is 7.60. The lowest BCUT2D eigenvalue weighted by atomic mass is 10.1. The van der Waals surface area contributed by atoms with Crippen LogP contribution in [0, 0.1) is 6.92 Å². The summed E-state index contributed by atoms with van der Waals surface area (Å²) in [5.74, 6) is -0.438. The molecule has 6 heteroatoms. The molecule has 3 nitrogen and oxygen atoms in total. The Morgan fingerprint density at radius 1 is 1.24 bits per heavy atom. The normalized spacial score (nSPS) is 10.5. The average Bonchev–Trinajstić information content (AvgIpc) is 2.43. The Labute approximate surface area is 141 Å². The van der Waals surface area contributed by atoms with Gasteiger partial charge in [0.1, 0.15) is 6.61 Å². The molecule has 0 atom stereocenters. The van der Waals surface area contributed by atoms with Crippen molar-refractivity contribution in [3.63, 3.8) is 0 Å². The Morgan fingerprint density at radius 3 is 2.62 bits per heavy atom. The molecule has 0 saturated heterocycles. The monoisotopic (exact) mass is 387 g/mol. The number of rotatable bonds is 3. The highest BCUT2D eigenvalue weighted by Gasteiger charge is 2.14. The number of carbonyl (C=O) groups excluding carboxylic acids is 1. The maximum atomic E-state index is 12.1. The molecule has 2 aromatic carbocycles. The topological polar surface area (TPSA) is 52.3 Å². The average molecular weight is 389 g/mol. The number of hydrogen-bond acceptors (Lipinski definition) is 3. The van der Waals surface area contributed by atoms with Gasteiger partial charge in [-0.05, 0) is 42.3 Å². The molecule has 0 aliphatic heterocycles. The van der Waals surface area contributed by atoms with Gasteiger partial charge < -0.3 is 10.5 Å². The molecule has 0 radical (unpaired) electrons. The second-order valence-electron chi connectivity index (χ2n) is 4.49. The molecule has 0 aliphatic carbocycles. The van der Waals surface area contributed by atoms with Crippen LogP contribution in [0.5, 0.6) is 0 Å². The van der Waals surface area contributed by atoms with E-state index in [1.54, 1.807) is 37.3 Å². The van der Waals surface area contributed by atoms with Gasteiger partial charge in [-0.25, -0.2) is 4.79 Å². The molecule has 0 aliphatic rings. The Bertz CT molecular complexity index is 704. The smallest absolute Gasteiger partial charge is 0.338 e. The van der Waals surface area contributed by atoms with Crippen molar-refractivity contribution in [2.75, 3.05) is 5.73 Å². The molecule has 0 saturated carbocycles. The van der Waals surface area contributed by atoms with E-state index in [0.717, 1.165) is 10.0 Å². The van der Waals surface area contributed by atoms with E-state index in [0.29, 0.717) is 26.9 Å². The van der Waals surface area contributed by atoms with Gasteiger partial charge in [0.15, 0.2) is 0 Å². The van der Waals surface area contributed by atoms with Crippen molar-refractivity contribution >= 4 is 50.8 Å². The van der Waals surface area contributed by atoms with Gasteiger partial charge in [-0.15, -0.1) is 0 Å². The highest BCUT2D eigenvalue weighted by molar-refractivity contribution is 9.10. The van der Waals surface area contributed by atoms with Gasteiger partial charge in [0.05, 0.1) is 15.6 Å². The lowest BCUT2D eigenvalue weighted by Gasteiger charge is -2.10. The van der Waals surface area contributed by atoms with Crippen molar-refractivity contribution in [3.8, 4) is 0 Å². The van der Waals surface area contributed by atoms with Crippen molar-refractivity contribution < 1.29 is 9.53 Å². The minimum Gasteiger partial charge on any atom is -0.457 e. The second kappa shape index (κ2) is 6.69. The summed E-state index contributed by atoms with van der Waals surface area (Å²) >= 11 is 15.1. The summed E-state index contributed by atoms with van der Waals surface area (Å²) in [4.78, 5) is 12.1. The van der Waals surface area contributed by atoms with E-state index < -0.39 is 5.97 Å². The van der Waals surface area contributed by atoms with Crippen LogP contribution in [-0.2, 0) is 11.3 Å². The van der Waals surface area contributed by atoms with Crippen molar-refractivity contribution in [2.45, 2.75) is 13.5 Å². The Balaban J connectivity index is 2.13. The summed E-state index contributed by atoms with van der Waals surface area (Å²) in [5, 5.41) is 0.885. The van der Waals surface area contributed by atoms with Crippen LogP contribution in [0.3, 0.4) is 0 Å². The number of nitrogens with two attached hydrogens (primary N) is 1. The molecule has 0 amide bonds. The van der Waals surface area contributed by atoms with Gasteiger partial charge in [-0.1, -0.05) is 45.2 Å². The molecule has 2 N–H and O–H groups in total. The molecular formula is C15H12BrCl2NO2. The summed E-state index contributed by atoms with van der Waals surface area (Å²) in [6.07, 6.45) is 0. The number of anilines is 1. The molecule has 110 valence electrons. The first kappa shape index (κ1) is 16.1. The van der Waals surface area contributed by atoms with Gasteiger partial charge in [0.2, 0.25) is 0 Å². The Hall–Kier alpha value is -1.23. The van der Waals surface area contributed by atoms with Crippen LogP contribution >= 0.6 is 39.1 Å². The third-order valence-corrected chi connectivity index (χ3v) is 4.18. The highest BCUT2D eigenvalue weighted by Crippen LogP contribution is 2.25. The van der Waals surface area contributed by atoms with Crippen LogP contribution in [0.25, 0.3) is 0 Å². The van der Waals surface area contributed by atoms with E-state index in [2.05, 4.69) is 15.9 Å². The summed E-state index contributed by atoms with van der Waals surface area (Å²) in [6.45, 7) is 1.89. The fourth-order valence-electron chi connectivity index (χ4n) is 1.77. The number of carbonyl (C=O) groups is 1. The third-order valence-electron chi connectivity index (χ3n) is 2.99. The standard InChI is InChI=1S/C15H12BrCl2NO2/c1-8-11(5-10(16)6-14(8)19)15(20)21-7-9-2-3-12(17)13(18)4-9/h2-6H,7,19H2,1H3. The van der Waals surface area contributed by atoms with E-state index in [-0.39, 0.29) is 6.61 Å². The fourth-order valence-corrected chi connectivity index (χ4v) is 2.56. The number of ether oxygens (including phenoxy) is 1. The molecule has 0 aromatic heterocycles. The maximum Gasteiger partial charge on any atom is 0.338 e. The summed E-state index contributed by atoms with van der Waals surface area (Å²) < 4.78 is 6.01. The number of esters is 1. The Kier molecular flexibility index (Phi) is 5.14. The molecule has 0 unspecified atom stereocenters.